The molecule has 0 radical (unpaired) electrons. The molecule has 5 heteroatoms. The number of carbonyl (C=O) groups excluding carboxylic acids is 1. The van der Waals surface area contributed by atoms with Crippen LogP contribution in [0.2, 0.25) is 0 Å². The van der Waals surface area contributed by atoms with Crippen molar-refractivity contribution >= 4 is 11.9 Å². The third kappa shape index (κ3) is 4.29. The molecule has 0 aromatic rings. The van der Waals surface area contributed by atoms with Gasteiger partial charge in [0.05, 0.1) is 0 Å². The Kier molecular flexibility index (Phi) is 6.12. The highest BCUT2D eigenvalue weighted by atomic mass is 16.5. The van der Waals surface area contributed by atoms with Gasteiger partial charge in [-0.05, 0) is 19.3 Å². The number of nitrogens with one attached hydrogen (secondary N) is 1. The first-order chi connectivity index (χ1) is 8.60. The van der Waals surface area contributed by atoms with Crippen LogP contribution in [0.1, 0.15) is 51.9 Å². The molecule has 0 aromatic carbocycles. The van der Waals surface area contributed by atoms with Gasteiger partial charge in [0, 0.05) is 6.61 Å². The summed E-state index contributed by atoms with van der Waals surface area (Å²) in [6, 6.07) is 0. The molecule has 0 unspecified atom stereocenters. The maximum Gasteiger partial charge on any atom is 0.329 e. The van der Waals surface area contributed by atoms with Gasteiger partial charge in [0.25, 0.3) is 0 Å². The molecule has 0 aromatic heterocycles. The molecule has 1 aliphatic carbocycles. The molecule has 0 bridgehead atoms. The molecule has 0 heterocycles. The number of carboxylic acid groups (broad SMARTS) is 1. The van der Waals surface area contributed by atoms with Crippen molar-refractivity contribution in [3.63, 3.8) is 0 Å². The van der Waals surface area contributed by atoms with E-state index in [2.05, 4.69) is 12.2 Å². The average Bonchev–Trinajstić information content (AvgIpc) is 2.78. The number of carboxylic acids is 1. The molecule has 104 valence electrons. The van der Waals surface area contributed by atoms with E-state index < -0.39 is 11.5 Å². The monoisotopic (exact) mass is 257 g/mol. The molecule has 18 heavy (non-hydrogen) atoms. The summed E-state index contributed by atoms with van der Waals surface area (Å²) in [4.78, 5) is 22.9. The van der Waals surface area contributed by atoms with Crippen molar-refractivity contribution in [3.8, 4) is 0 Å². The second-order valence-electron chi connectivity index (χ2n) is 4.90. The molecule has 1 saturated carbocycles. The van der Waals surface area contributed by atoms with Gasteiger partial charge in [0.2, 0.25) is 5.91 Å². The molecular formula is C13H23NO4. The van der Waals surface area contributed by atoms with Gasteiger partial charge < -0.3 is 15.2 Å². The van der Waals surface area contributed by atoms with E-state index in [1.54, 1.807) is 0 Å². The first-order valence-electron chi connectivity index (χ1n) is 6.73. The second kappa shape index (κ2) is 7.36. The molecule has 1 amide bonds. The van der Waals surface area contributed by atoms with Gasteiger partial charge >= 0.3 is 5.97 Å². The lowest BCUT2D eigenvalue weighted by molar-refractivity contribution is -0.148. The van der Waals surface area contributed by atoms with E-state index in [0.717, 1.165) is 32.1 Å². The first-order valence-corrected chi connectivity index (χ1v) is 6.73. The number of hydrogen-bond donors (Lipinski definition) is 2. The number of amides is 1. The third-order valence-electron chi connectivity index (χ3n) is 3.37. The van der Waals surface area contributed by atoms with Crippen LogP contribution in [0.5, 0.6) is 0 Å². The van der Waals surface area contributed by atoms with Gasteiger partial charge in [-0.3, -0.25) is 4.79 Å². The Labute approximate surface area is 108 Å². The number of carbonyl (C=O) groups is 2. The molecule has 0 saturated heterocycles. The zero-order chi connectivity index (χ0) is 13.4. The smallest absolute Gasteiger partial charge is 0.329 e. The van der Waals surface area contributed by atoms with Crippen LogP contribution in [0.25, 0.3) is 0 Å². The number of aliphatic carboxylic acids is 1. The lowest BCUT2D eigenvalue weighted by Gasteiger charge is -2.25. The molecular weight excluding hydrogens is 234 g/mol. The van der Waals surface area contributed by atoms with Crippen LogP contribution >= 0.6 is 0 Å². The van der Waals surface area contributed by atoms with Crippen LogP contribution in [-0.4, -0.2) is 35.7 Å². The van der Waals surface area contributed by atoms with Gasteiger partial charge in [0.1, 0.15) is 12.1 Å². The minimum absolute atomic E-state index is 0.0429. The first kappa shape index (κ1) is 15.0. The summed E-state index contributed by atoms with van der Waals surface area (Å²) in [6.45, 7) is 2.61. The van der Waals surface area contributed by atoms with Crippen LogP contribution in [0.3, 0.4) is 0 Å². The Morgan fingerprint density at radius 1 is 1.28 bits per heavy atom. The largest absolute Gasteiger partial charge is 0.480 e. The quantitative estimate of drug-likeness (QED) is 0.649. The van der Waals surface area contributed by atoms with Gasteiger partial charge in [-0.25, -0.2) is 4.79 Å². The summed E-state index contributed by atoms with van der Waals surface area (Å²) >= 11 is 0. The van der Waals surface area contributed by atoms with Gasteiger partial charge in [0.15, 0.2) is 0 Å². The Hall–Kier alpha value is -1.10. The zero-order valence-corrected chi connectivity index (χ0v) is 11.0. The maximum atomic E-state index is 11.6. The van der Waals surface area contributed by atoms with E-state index in [4.69, 9.17) is 4.74 Å². The summed E-state index contributed by atoms with van der Waals surface area (Å²) < 4.78 is 5.23. The summed E-state index contributed by atoms with van der Waals surface area (Å²) in [6.07, 6.45) is 5.87. The van der Waals surface area contributed by atoms with Crippen molar-refractivity contribution in [2.75, 3.05) is 13.2 Å². The van der Waals surface area contributed by atoms with Crippen LogP contribution in [0.15, 0.2) is 0 Å². The van der Waals surface area contributed by atoms with Crippen molar-refractivity contribution < 1.29 is 19.4 Å². The average molecular weight is 257 g/mol. The maximum absolute atomic E-state index is 11.6. The Bertz CT molecular complexity index is 285. The van der Waals surface area contributed by atoms with Crippen molar-refractivity contribution in [1.29, 1.82) is 0 Å². The Morgan fingerprint density at radius 3 is 2.50 bits per heavy atom. The van der Waals surface area contributed by atoms with Gasteiger partial charge in [-0.1, -0.05) is 32.6 Å². The highest BCUT2D eigenvalue weighted by Gasteiger charge is 2.42. The van der Waals surface area contributed by atoms with Crippen LogP contribution in [0.4, 0.5) is 0 Å². The van der Waals surface area contributed by atoms with Crippen LogP contribution in [0, 0.1) is 0 Å². The second-order valence-corrected chi connectivity index (χ2v) is 4.90. The molecule has 2 N–H and O–H groups in total. The summed E-state index contributed by atoms with van der Waals surface area (Å²) in [5, 5.41) is 11.8. The van der Waals surface area contributed by atoms with E-state index in [1.165, 1.54) is 0 Å². The molecule has 1 fully saturated rings. The normalized spacial score (nSPS) is 17.6. The van der Waals surface area contributed by atoms with Crippen molar-refractivity contribution in [2.45, 2.75) is 57.4 Å². The summed E-state index contributed by atoms with van der Waals surface area (Å²) in [7, 11) is 0. The van der Waals surface area contributed by atoms with Gasteiger partial charge in [-0.15, -0.1) is 0 Å². The van der Waals surface area contributed by atoms with Crippen LogP contribution in [-0.2, 0) is 14.3 Å². The Balaban J connectivity index is 2.27. The van der Waals surface area contributed by atoms with Crippen LogP contribution < -0.4 is 5.32 Å². The highest BCUT2D eigenvalue weighted by Crippen LogP contribution is 2.29. The predicted octanol–water partition coefficient (Wildman–Crippen LogP) is 1.71. The fourth-order valence-corrected chi connectivity index (χ4v) is 2.29. The molecule has 5 nitrogen and oxygen atoms in total. The van der Waals surface area contributed by atoms with E-state index in [0.29, 0.717) is 19.4 Å². The fraction of sp³-hybridized carbons (Fsp3) is 0.846. The molecule has 1 rings (SSSR count). The van der Waals surface area contributed by atoms with E-state index in [1.807, 2.05) is 0 Å². The fourth-order valence-electron chi connectivity index (χ4n) is 2.29. The molecule has 1 aliphatic rings. The molecule has 0 aliphatic heterocycles. The minimum atomic E-state index is -1.05. The van der Waals surface area contributed by atoms with E-state index in [9.17, 15) is 14.7 Å². The topological polar surface area (TPSA) is 75.6 Å². The Morgan fingerprint density at radius 2 is 1.94 bits per heavy atom. The van der Waals surface area contributed by atoms with Gasteiger partial charge in [-0.2, -0.15) is 0 Å². The predicted molar refractivity (Wildman–Crippen MR) is 67.3 cm³/mol. The van der Waals surface area contributed by atoms with E-state index >= 15 is 0 Å². The molecule has 0 atom stereocenters. The number of hydrogen-bond acceptors (Lipinski definition) is 3. The van der Waals surface area contributed by atoms with E-state index in [-0.39, 0.29) is 12.5 Å². The van der Waals surface area contributed by atoms with Crippen molar-refractivity contribution in [1.82, 2.24) is 5.32 Å². The number of ether oxygens (including phenoxy) is 1. The lowest BCUT2D eigenvalue weighted by Crippen LogP contribution is -2.53. The lowest BCUT2D eigenvalue weighted by atomic mass is 9.98. The van der Waals surface area contributed by atoms with Crippen molar-refractivity contribution in [2.24, 2.45) is 0 Å². The van der Waals surface area contributed by atoms with Crippen molar-refractivity contribution in [3.05, 3.63) is 0 Å². The molecule has 0 spiro atoms. The number of rotatable bonds is 8. The zero-order valence-electron chi connectivity index (χ0n) is 11.0. The third-order valence-corrected chi connectivity index (χ3v) is 3.37. The standard InChI is InChI=1S/C13H23NO4/c1-2-3-6-9-18-10-11(15)14-13(12(16)17)7-4-5-8-13/h2-10H2,1H3,(H,14,15)(H,16,17). The SMILES string of the molecule is CCCCCOCC(=O)NC1(C(=O)O)CCCC1. The summed E-state index contributed by atoms with van der Waals surface area (Å²) in [5.74, 6) is -1.25. The highest BCUT2D eigenvalue weighted by molar-refractivity contribution is 5.87. The minimum Gasteiger partial charge on any atom is -0.480 e. The number of unbranched alkanes of at least 4 members (excludes halogenated alkanes) is 2. The summed E-state index contributed by atoms with van der Waals surface area (Å²) in [5.41, 5.74) is -1.05.